The van der Waals surface area contributed by atoms with Gasteiger partial charge in [-0.15, -0.1) is 0 Å². The van der Waals surface area contributed by atoms with Crippen LogP contribution in [0.15, 0.2) is 267 Å². The van der Waals surface area contributed by atoms with E-state index in [4.69, 9.17) is 0 Å². The van der Waals surface area contributed by atoms with Crippen molar-refractivity contribution in [2.75, 3.05) is 56.6 Å². The van der Waals surface area contributed by atoms with Gasteiger partial charge in [0.15, 0.2) is 0 Å². The molecule has 0 aliphatic carbocycles. The van der Waals surface area contributed by atoms with Crippen LogP contribution in [0.2, 0.25) is 0 Å². The van der Waals surface area contributed by atoms with Crippen molar-refractivity contribution in [3.8, 4) is 23.7 Å². The van der Waals surface area contributed by atoms with Gasteiger partial charge in [-0.2, -0.15) is 0 Å². The van der Waals surface area contributed by atoms with Crippen LogP contribution in [-0.2, 0) is 28.7 Å². The maximum absolute atomic E-state index is 11.9. The fourth-order valence-corrected chi connectivity index (χ4v) is 6.70. The largest absolute Gasteiger partial charge is 0.388 e. The summed E-state index contributed by atoms with van der Waals surface area (Å²) in [5.74, 6) is 10.1. The van der Waals surface area contributed by atoms with E-state index in [1.54, 1.807) is 64.8 Å². The first kappa shape index (κ1) is 76.9. The first-order valence-corrected chi connectivity index (χ1v) is 28.5. The Kier molecular flexibility index (Phi) is 40.2. The zero-order valence-corrected chi connectivity index (χ0v) is 53.3. The van der Waals surface area contributed by atoms with Crippen molar-refractivity contribution >= 4 is 47.3 Å². The van der Waals surface area contributed by atoms with Crippen molar-refractivity contribution in [1.29, 1.82) is 0 Å². The minimum absolute atomic E-state index is 0.241. The summed E-state index contributed by atoms with van der Waals surface area (Å²) in [6, 6.07) is 77.4. The molecule has 0 fully saturated rings. The number of ether oxygens (including phenoxy) is 2. The highest BCUT2D eigenvalue weighted by Gasteiger charge is 2.33. The zero-order valence-electron chi connectivity index (χ0n) is 53.3. The minimum atomic E-state index is -0.270. The smallest absolute Gasteiger partial charge is 0.261 e. The molecule has 0 unspecified atom stereocenters. The number of hydrogen-bond acceptors (Lipinski definition) is 10. The highest BCUT2D eigenvalue weighted by atomic mass is 16.5. The van der Waals surface area contributed by atoms with E-state index in [2.05, 4.69) is 33.2 Å². The molecule has 0 radical (unpaired) electrons. The third-order valence-electron chi connectivity index (χ3n) is 11.2. The fourth-order valence-electron chi connectivity index (χ4n) is 6.70. The average molecular weight is 1210 g/mol. The van der Waals surface area contributed by atoms with E-state index in [1.165, 1.54) is 52.5 Å². The van der Waals surface area contributed by atoms with Crippen molar-refractivity contribution in [2.45, 2.75) is 27.7 Å². The second-order valence-electron chi connectivity index (χ2n) is 17.7. The number of benzene rings is 8. The summed E-state index contributed by atoms with van der Waals surface area (Å²) in [7, 11) is 12.4. The minimum Gasteiger partial charge on any atom is -0.388 e. The van der Waals surface area contributed by atoms with Crippen molar-refractivity contribution in [1.82, 2.24) is 19.6 Å². The molecule has 0 saturated heterocycles. The van der Waals surface area contributed by atoms with Crippen LogP contribution >= 0.6 is 0 Å². The van der Waals surface area contributed by atoms with Crippen LogP contribution in [-0.4, -0.2) is 123 Å². The van der Waals surface area contributed by atoms with Gasteiger partial charge < -0.3 is 9.47 Å². The summed E-state index contributed by atoms with van der Waals surface area (Å²) in [5, 5.41) is 0. The van der Waals surface area contributed by atoms with Crippen LogP contribution < -0.4 is 0 Å². The third kappa shape index (κ3) is 29.3. The number of amides is 8. The molecular formula is C76H80N4O10. The Morgan fingerprint density at radius 2 is 0.422 bits per heavy atom. The first-order chi connectivity index (χ1) is 43.6. The molecule has 8 aromatic rings. The number of methoxy groups -OCH3 is 2. The lowest BCUT2D eigenvalue weighted by Gasteiger charge is -2.02. The van der Waals surface area contributed by atoms with E-state index in [9.17, 15) is 38.4 Å². The molecule has 0 bridgehead atoms. The molecular weight excluding hydrogens is 1130 g/mol. The maximum Gasteiger partial charge on any atom is 0.261 e. The molecule has 464 valence electrons. The van der Waals surface area contributed by atoms with Crippen LogP contribution in [0.3, 0.4) is 0 Å². The number of carbonyl (C=O) groups excluding carboxylic acids is 8. The first-order valence-electron chi connectivity index (χ1n) is 28.5. The van der Waals surface area contributed by atoms with Gasteiger partial charge >= 0.3 is 0 Å². The second-order valence-corrected chi connectivity index (χ2v) is 17.7. The van der Waals surface area contributed by atoms with E-state index in [1.807, 2.05) is 234 Å². The molecule has 4 aliphatic rings. The quantitative estimate of drug-likeness (QED) is 0.105. The predicted molar refractivity (Wildman–Crippen MR) is 359 cm³/mol. The average Bonchev–Trinajstić information content (AvgIpc) is 1.73. The third-order valence-corrected chi connectivity index (χ3v) is 11.2. The normalized spacial score (nSPS) is 11.7. The highest BCUT2D eigenvalue weighted by molar-refractivity contribution is 6.22. The molecule has 0 aromatic heterocycles. The van der Waals surface area contributed by atoms with Gasteiger partial charge in [0, 0.05) is 103 Å². The molecule has 0 saturated carbocycles. The predicted octanol–water partition coefficient (Wildman–Crippen LogP) is 13.0. The van der Waals surface area contributed by atoms with Crippen LogP contribution in [0.25, 0.3) is 0 Å². The van der Waals surface area contributed by atoms with Gasteiger partial charge in [0.1, 0.15) is 0 Å². The summed E-state index contributed by atoms with van der Waals surface area (Å²) in [5.41, 5.74) is 5.02. The molecule has 8 aromatic carbocycles. The van der Waals surface area contributed by atoms with Gasteiger partial charge in [0.2, 0.25) is 0 Å². The Bertz CT molecular complexity index is 3150. The lowest BCUT2D eigenvalue weighted by molar-refractivity contribution is -0.136. The molecule has 14 heteroatoms. The number of carbonyl (C=O) groups is 8. The molecule has 0 spiro atoms. The Hall–Kier alpha value is -11.2. The standard InChI is InChI=1S/2C17H11NO2.4C6H6.2C5H5NO2.2C2H6O.2C2H6/c2*1-18-16(19)14-10-9-13(11-15(14)17(18)20)8-7-12-5-3-2-4-6-12;4*1-2-4-6-5-3-1;2*1-6-4(7)2-3-5(6)8;2*1-3-2;2*1-2/h2*2-6,9-11H,1H3;4*1-6H;2*2-3H,1H3;2*1-2H3;2*1-2H3. The Balaban J connectivity index is 0.000000530. The lowest BCUT2D eigenvalue weighted by atomic mass is 10.1. The Labute approximate surface area is 531 Å². The Morgan fingerprint density at radius 1 is 0.244 bits per heavy atom. The van der Waals surface area contributed by atoms with E-state index in [-0.39, 0.29) is 47.3 Å². The van der Waals surface area contributed by atoms with Gasteiger partial charge in [-0.1, -0.05) is 233 Å². The molecule has 0 atom stereocenters. The number of rotatable bonds is 0. The molecule has 14 nitrogen and oxygen atoms in total. The maximum atomic E-state index is 11.9. The summed E-state index contributed by atoms with van der Waals surface area (Å²) in [6.45, 7) is 8.00. The van der Waals surface area contributed by atoms with Gasteiger partial charge in [0.05, 0.1) is 22.3 Å². The molecule has 8 amide bonds. The Morgan fingerprint density at radius 3 is 0.611 bits per heavy atom. The van der Waals surface area contributed by atoms with Crippen LogP contribution in [0.1, 0.15) is 91.4 Å². The molecule has 90 heavy (non-hydrogen) atoms. The molecule has 12 rings (SSSR count). The van der Waals surface area contributed by atoms with Crippen molar-refractivity contribution in [3.05, 3.63) is 311 Å². The van der Waals surface area contributed by atoms with Gasteiger partial charge in [-0.05, 0) is 60.7 Å². The van der Waals surface area contributed by atoms with Gasteiger partial charge in [0.25, 0.3) is 47.3 Å². The zero-order chi connectivity index (χ0) is 66.9. The van der Waals surface area contributed by atoms with Gasteiger partial charge in [-0.3, -0.25) is 58.0 Å². The number of nitrogens with zero attached hydrogens (tertiary/aromatic N) is 4. The van der Waals surface area contributed by atoms with Crippen LogP contribution in [0, 0.1) is 23.7 Å². The number of imide groups is 4. The van der Waals surface area contributed by atoms with Crippen LogP contribution in [0.4, 0.5) is 0 Å². The summed E-state index contributed by atoms with van der Waals surface area (Å²) in [6.07, 6.45) is 5.01. The summed E-state index contributed by atoms with van der Waals surface area (Å²) < 4.78 is 8.50. The summed E-state index contributed by atoms with van der Waals surface area (Å²) >= 11 is 0. The molecule has 0 N–H and O–H groups in total. The number of hydrogen-bond donors (Lipinski definition) is 0. The van der Waals surface area contributed by atoms with Crippen molar-refractivity contribution in [3.63, 3.8) is 0 Å². The van der Waals surface area contributed by atoms with Gasteiger partial charge in [-0.25, -0.2) is 0 Å². The van der Waals surface area contributed by atoms with E-state index in [0.29, 0.717) is 22.3 Å². The summed E-state index contributed by atoms with van der Waals surface area (Å²) in [4.78, 5) is 93.3. The fraction of sp³-hybridized carbons (Fsp3) is 0.158. The lowest BCUT2D eigenvalue weighted by Crippen LogP contribution is -2.24. The SMILES string of the molecule is CC.CC.CN1C(=O)C=CC1=O.CN1C(=O)C=CC1=O.CN1C(=O)c2ccc(C#Cc3ccccc3)cc2C1=O.CN1C(=O)c2ccc(C#Cc3ccccc3)cc2C1=O.COC.COC.c1ccccc1.c1ccccc1.c1ccccc1.c1ccccc1. The number of likely N-dealkylation sites (N-methyl/N-ethyl adjacent to an activating group) is 2. The second kappa shape index (κ2) is 47.0. The number of fused-ring (bicyclic) bond motifs is 2. The highest BCUT2D eigenvalue weighted by Crippen LogP contribution is 2.23. The van der Waals surface area contributed by atoms with Crippen molar-refractivity contribution < 1.29 is 47.8 Å². The molecule has 4 aliphatic heterocycles. The van der Waals surface area contributed by atoms with E-state index >= 15 is 0 Å². The van der Waals surface area contributed by atoms with E-state index < -0.39 is 0 Å². The van der Waals surface area contributed by atoms with Crippen molar-refractivity contribution in [2.24, 2.45) is 0 Å². The topological polar surface area (TPSA) is 168 Å². The monoisotopic (exact) mass is 1210 g/mol. The molecule has 4 heterocycles. The van der Waals surface area contributed by atoms with E-state index in [0.717, 1.165) is 41.9 Å². The van der Waals surface area contributed by atoms with Crippen LogP contribution in [0.5, 0.6) is 0 Å².